The van der Waals surface area contributed by atoms with Crippen molar-refractivity contribution < 1.29 is 22.7 Å². The molecule has 2 saturated heterocycles. The van der Waals surface area contributed by atoms with Crippen molar-refractivity contribution in [2.75, 3.05) is 26.7 Å². The van der Waals surface area contributed by atoms with E-state index >= 15 is 0 Å². The summed E-state index contributed by atoms with van der Waals surface area (Å²) in [4.78, 5) is 32.8. The lowest BCUT2D eigenvalue weighted by Crippen LogP contribution is -2.52. The lowest BCUT2D eigenvalue weighted by atomic mass is 9.81. The van der Waals surface area contributed by atoms with Gasteiger partial charge in [0.2, 0.25) is 15.9 Å². The quantitative estimate of drug-likeness (QED) is 0.245. The van der Waals surface area contributed by atoms with Gasteiger partial charge >= 0.3 is 0 Å². The van der Waals surface area contributed by atoms with Crippen LogP contribution < -0.4 is 9.46 Å². The van der Waals surface area contributed by atoms with E-state index in [4.69, 9.17) is 4.74 Å². The van der Waals surface area contributed by atoms with E-state index in [1.165, 1.54) is 24.8 Å². The highest BCUT2D eigenvalue weighted by atomic mass is 32.2. The Hall–Kier alpha value is -3.37. The van der Waals surface area contributed by atoms with Crippen LogP contribution in [0, 0.1) is 11.3 Å². The second-order valence-electron chi connectivity index (χ2n) is 15.8. The Morgan fingerprint density at radius 2 is 1.67 bits per heavy atom. The lowest BCUT2D eigenvalue weighted by molar-refractivity contribution is -0.140. The van der Waals surface area contributed by atoms with Gasteiger partial charge in [-0.2, -0.15) is 0 Å². The molecular formula is C39H52N4O5S. The molecule has 2 atom stereocenters. The number of sulfonamides is 1. The Morgan fingerprint density at radius 1 is 0.959 bits per heavy atom. The first-order valence-electron chi connectivity index (χ1n) is 18.3. The van der Waals surface area contributed by atoms with Crippen molar-refractivity contribution >= 4 is 32.7 Å². The Balaban J connectivity index is 1.32. The van der Waals surface area contributed by atoms with E-state index in [1.54, 1.807) is 27.0 Å². The van der Waals surface area contributed by atoms with Crippen LogP contribution in [0.5, 0.6) is 5.75 Å². The molecule has 2 amide bonds. The summed E-state index contributed by atoms with van der Waals surface area (Å²) in [6.07, 6.45) is 8.47. The van der Waals surface area contributed by atoms with Gasteiger partial charge in [0.1, 0.15) is 5.75 Å². The molecule has 10 heteroatoms. The monoisotopic (exact) mass is 688 g/mol. The maximum absolute atomic E-state index is 14.6. The van der Waals surface area contributed by atoms with Crippen LogP contribution in [0.3, 0.4) is 0 Å². The first-order valence-corrected chi connectivity index (χ1v) is 19.9. The predicted molar refractivity (Wildman–Crippen MR) is 193 cm³/mol. The van der Waals surface area contributed by atoms with Gasteiger partial charge in [-0.15, -0.1) is 0 Å². The van der Waals surface area contributed by atoms with Crippen molar-refractivity contribution in [3.8, 4) is 17.0 Å². The zero-order chi connectivity index (χ0) is 34.7. The number of carbonyl (C=O) groups excluding carboxylic acids is 2. The summed E-state index contributed by atoms with van der Waals surface area (Å²) < 4.78 is 35.5. The third-order valence-electron chi connectivity index (χ3n) is 11.6. The number of piperazine rings is 1. The van der Waals surface area contributed by atoms with Gasteiger partial charge < -0.3 is 14.2 Å². The van der Waals surface area contributed by atoms with Crippen LogP contribution in [0.1, 0.15) is 101 Å². The molecule has 1 N–H and O–H groups in total. The normalized spacial score (nSPS) is 22.4. The van der Waals surface area contributed by atoms with Crippen molar-refractivity contribution in [1.82, 2.24) is 19.1 Å². The van der Waals surface area contributed by atoms with Gasteiger partial charge in [-0.05, 0) is 105 Å². The summed E-state index contributed by atoms with van der Waals surface area (Å²) in [6, 6.07) is 14.5. The SMILES string of the molecule is COc1ccc(-c2c(C3CCCCC3)c3ccc(C(=O)NS(=O)(=O)C(C)C)cc3n2CC2(C(=O)N3C[C@@H]4C[C@H]3CN4CC(C)C)CC2)cc1. The molecule has 0 unspecified atom stereocenters. The van der Waals surface area contributed by atoms with Crippen molar-refractivity contribution in [3.05, 3.63) is 53.6 Å². The lowest BCUT2D eigenvalue weighted by Gasteiger charge is -2.37. The second-order valence-corrected chi connectivity index (χ2v) is 18.0. The summed E-state index contributed by atoms with van der Waals surface area (Å²) >= 11 is 0. The molecule has 2 aliphatic carbocycles. The molecule has 2 aliphatic heterocycles. The van der Waals surface area contributed by atoms with E-state index in [0.717, 1.165) is 79.6 Å². The van der Waals surface area contributed by atoms with E-state index in [9.17, 15) is 18.0 Å². The van der Waals surface area contributed by atoms with Crippen LogP contribution in [0.25, 0.3) is 22.2 Å². The number of nitrogens with zero attached hydrogens (tertiary/aromatic N) is 3. The molecule has 9 nitrogen and oxygen atoms in total. The van der Waals surface area contributed by atoms with Crippen molar-refractivity contribution in [2.24, 2.45) is 11.3 Å². The Bertz CT molecular complexity index is 1840. The highest BCUT2D eigenvalue weighted by molar-refractivity contribution is 7.90. The van der Waals surface area contributed by atoms with Gasteiger partial charge in [-0.1, -0.05) is 39.2 Å². The second kappa shape index (κ2) is 13.1. The number of hydrogen-bond acceptors (Lipinski definition) is 6. The number of aromatic nitrogens is 1. The van der Waals surface area contributed by atoms with Gasteiger partial charge in [0.05, 0.1) is 23.5 Å². The van der Waals surface area contributed by atoms with Crippen LogP contribution in [-0.4, -0.2) is 78.7 Å². The molecule has 264 valence electrons. The number of fused-ring (bicyclic) bond motifs is 3. The Labute approximate surface area is 291 Å². The van der Waals surface area contributed by atoms with Crippen LogP contribution in [0.2, 0.25) is 0 Å². The fraction of sp³-hybridized carbons (Fsp3) is 0.590. The van der Waals surface area contributed by atoms with Crippen LogP contribution in [0.4, 0.5) is 0 Å². The molecule has 3 heterocycles. The number of hydrogen-bond donors (Lipinski definition) is 1. The smallest absolute Gasteiger partial charge is 0.264 e. The number of ether oxygens (including phenoxy) is 1. The zero-order valence-electron chi connectivity index (χ0n) is 29.7. The molecule has 7 rings (SSSR count). The zero-order valence-corrected chi connectivity index (χ0v) is 30.5. The van der Waals surface area contributed by atoms with E-state index in [2.05, 4.69) is 45.1 Å². The highest BCUT2D eigenvalue weighted by Crippen LogP contribution is 2.53. The Morgan fingerprint density at radius 3 is 2.27 bits per heavy atom. The van der Waals surface area contributed by atoms with Crippen molar-refractivity contribution in [2.45, 2.75) is 109 Å². The summed E-state index contributed by atoms with van der Waals surface area (Å²) in [6.45, 7) is 11.0. The molecule has 4 aliphatic rings. The molecule has 1 aromatic heterocycles. The van der Waals surface area contributed by atoms with Crippen LogP contribution >= 0.6 is 0 Å². The van der Waals surface area contributed by atoms with Crippen LogP contribution in [0.15, 0.2) is 42.5 Å². The van der Waals surface area contributed by atoms with E-state index in [0.29, 0.717) is 30.0 Å². The highest BCUT2D eigenvalue weighted by Gasteiger charge is 2.56. The molecule has 3 aromatic rings. The number of amides is 2. The maximum atomic E-state index is 14.6. The molecular weight excluding hydrogens is 637 g/mol. The molecule has 49 heavy (non-hydrogen) atoms. The van der Waals surface area contributed by atoms with Gasteiger partial charge in [-0.3, -0.25) is 14.5 Å². The average Bonchev–Trinajstić information content (AvgIpc) is 3.44. The van der Waals surface area contributed by atoms with Gasteiger partial charge in [0.15, 0.2) is 0 Å². The third kappa shape index (κ3) is 6.39. The van der Waals surface area contributed by atoms with E-state index < -0.39 is 26.6 Å². The molecule has 0 spiro atoms. The van der Waals surface area contributed by atoms with E-state index in [1.807, 2.05) is 24.3 Å². The molecule has 2 aromatic carbocycles. The van der Waals surface area contributed by atoms with Gasteiger partial charge in [-0.25, -0.2) is 13.1 Å². The number of likely N-dealkylation sites (tertiary alicyclic amines) is 2. The summed E-state index contributed by atoms with van der Waals surface area (Å²) in [5.74, 6) is 1.36. The number of methoxy groups -OCH3 is 1. The number of nitrogens with one attached hydrogen (secondary N) is 1. The maximum Gasteiger partial charge on any atom is 0.264 e. The Kier molecular flexibility index (Phi) is 9.09. The average molecular weight is 689 g/mol. The summed E-state index contributed by atoms with van der Waals surface area (Å²) in [7, 11) is -2.14. The summed E-state index contributed by atoms with van der Waals surface area (Å²) in [5, 5.41) is 0.344. The first-order chi connectivity index (χ1) is 23.4. The number of rotatable bonds is 11. The third-order valence-corrected chi connectivity index (χ3v) is 13.3. The standard InChI is InChI=1S/C39H52N4O5S/c1-25(2)21-41-22-31-20-30(41)23-42(31)38(45)39(17-18-39)24-43-34-19-29(37(44)40-49(46,47)26(3)4)13-16-33(34)35(27-9-7-6-8-10-27)36(43)28-11-14-32(48-5)15-12-28/h11-16,19,25-27,30-31H,6-10,17-18,20-24H2,1-5H3,(H,40,44)/t30-,31-/m0/s1. The summed E-state index contributed by atoms with van der Waals surface area (Å²) in [5.41, 5.74) is 4.11. The van der Waals surface area contributed by atoms with Crippen molar-refractivity contribution in [3.63, 3.8) is 0 Å². The molecule has 2 saturated carbocycles. The topological polar surface area (TPSA) is 101 Å². The van der Waals surface area contributed by atoms with Gasteiger partial charge in [0, 0.05) is 54.7 Å². The fourth-order valence-electron chi connectivity index (χ4n) is 8.74. The predicted octanol–water partition coefficient (Wildman–Crippen LogP) is 6.55. The fourth-order valence-corrected chi connectivity index (χ4v) is 9.35. The molecule has 0 radical (unpaired) electrons. The van der Waals surface area contributed by atoms with E-state index in [-0.39, 0.29) is 11.9 Å². The minimum absolute atomic E-state index is 0.267. The van der Waals surface area contributed by atoms with Crippen LogP contribution in [-0.2, 0) is 21.4 Å². The molecule has 2 bridgehead atoms. The minimum atomic E-state index is -3.81. The number of benzene rings is 2. The van der Waals surface area contributed by atoms with Crippen molar-refractivity contribution in [1.29, 1.82) is 0 Å². The molecule has 4 fully saturated rings. The van der Waals surface area contributed by atoms with Gasteiger partial charge in [0.25, 0.3) is 5.91 Å². The first kappa shape index (κ1) is 34.1. The largest absolute Gasteiger partial charge is 0.497 e. The minimum Gasteiger partial charge on any atom is -0.497 e. The number of carbonyl (C=O) groups is 2.